The molecule has 1 aromatic carbocycles. The van der Waals surface area contributed by atoms with E-state index >= 15 is 0 Å². The lowest BCUT2D eigenvalue weighted by Crippen LogP contribution is -2.20. The molecule has 0 bridgehead atoms. The molecule has 0 fully saturated rings. The number of nitrogens with zero attached hydrogens (tertiary/aromatic N) is 1. The SMILES string of the molecule is CCOC(CCOc1cccc([N+](=O)[O-])c1C)OCC. The van der Waals surface area contributed by atoms with Crippen molar-refractivity contribution >= 4 is 5.69 Å². The zero-order valence-corrected chi connectivity index (χ0v) is 12.1. The van der Waals surface area contributed by atoms with Gasteiger partial charge in [0, 0.05) is 25.7 Å². The van der Waals surface area contributed by atoms with Crippen LogP contribution in [0.1, 0.15) is 25.8 Å². The minimum atomic E-state index is -0.411. The van der Waals surface area contributed by atoms with E-state index in [4.69, 9.17) is 14.2 Å². The third-order valence-corrected chi connectivity index (χ3v) is 2.77. The van der Waals surface area contributed by atoms with E-state index in [0.29, 0.717) is 37.6 Å². The summed E-state index contributed by atoms with van der Waals surface area (Å²) in [5.41, 5.74) is 0.593. The van der Waals surface area contributed by atoms with Crippen LogP contribution < -0.4 is 4.74 Å². The van der Waals surface area contributed by atoms with Gasteiger partial charge in [-0.05, 0) is 26.8 Å². The molecule has 1 aromatic rings. The summed E-state index contributed by atoms with van der Waals surface area (Å²) in [6, 6.07) is 4.80. The zero-order valence-electron chi connectivity index (χ0n) is 12.1. The average molecular weight is 283 g/mol. The molecule has 0 unspecified atom stereocenters. The monoisotopic (exact) mass is 283 g/mol. The number of nitro groups is 1. The molecular formula is C14H21NO5. The summed E-state index contributed by atoms with van der Waals surface area (Å²) >= 11 is 0. The predicted octanol–water partition coefficient (Wildman–Crippen LogP) is 3.07. The van der Waals surface area contributed by atoms with Gasteiger partial charge >= 0.3 is 0 Å². The van der Waals surface area contributed by atoms with Crippen molar-refractivity contribution in [1.29, 1.82) is 0 Å². The van der Waals surface area contributed by atoms with Crippen LogP contribution in [0.2, 0.25) is 0 Å². The number of nitro benzene ring substituents is 1. The van der Waals surface area contributed by atoms with Crippen LogP contribution in [0.3, 0.4) is 0 Å². The second kappa shape index (κ2) is 8.50. The number of rotatable bonds is 9. The Morgan fingerprint density at radius 2 is 1.90 bits per heavy atom. The molecule has 20 heavy (non-hydrogen) atoms. The van der Waals surface area contributed by atoms with Crippen molar-refractivity contribution in [2.24, 2.45) is 0 Å². The molecule has 0 amide bonds. The van der Waals surface area contributed by atoms with Gasteiger partial charge in [-0.15, -0.1) is 0 Å². The molecule has 0 N–H and O–H groups in total. The Morgan fingerprint density at radius 1 is 1.25 bits per heavy atom. The van der Waals surface area contributed by atoms with E-state index in [1.165, 1.54) is 6.07 Å². The van der Waals surface area contributed by atoms with Crippen molar-refractivity contribution in [2.75, 3.05) is 19.8 Å². The van der Waals surface area contributed by atoms with Gasteiger partial charge in [0.15, 0.2) is 6.29 Å². The third kappa shape index (κ3) is 4.79. The highest BCUT2D eigenvalue weighted by atomic mass is 16.7. The molecule has 6 nitrogen and oxygen atoms in total. The molecule has 0 aliphatic carbocycles. The van der Waals surface area contributed by atoms with Crippen molar-refractivity contribution in [3.05, 3.63) is 33.9 Å². The van der Waals surface area contributed by atoms with Gasteiger partial charge in [-0.1, -0.05) is 6.07 Å². The van der Waals surface area contributed by atoms with E-state index < -0.39 is 4.92 Å². The highest BCUT2D eigenvalue weighted by Crippen LogP contribution is 2.27. The molecule has 0 aliphatic heterocycles. The molecule has 0 radical (unpaired) electrons. The van der Waals surface area contributed by atoms with Crippen LogP contribution in [0.4, 0.5) is 5.69 Å². The largest absolute Gasteiger partial charge is 0.493 e. The second-order valence-electron chi connectivity index (χ2n) is 4.13. The number of hydrogen-bond donors (Lipinski definition) is 0. The highest BCUT2D eigenvalue weighted by Gasteiger charge is 2.15. The van der Waals surface area contributed by atoms with Gasteiger partial charge in [-0.3, -0.25) is 10.1 Å². The van der Waals surface area contributed by atoms with Gasteiger partial charge in [0.05, 0.1) is 17.1 Å². The van der Waals surface area contributed by atoms with Gasteiger partial charge < -0.3 is 14.2 Å². The molecule has 0 saturated carbocycles. The molecular weight excluding hydrogens is 262 g/mol. The van der Waals surface area contributed by atoms with E-state index in [0.717, 1.165) is 0 Å². The van der Waals surface area contributed by atoms with E-state index in [9.17, 15) is 10.1 Å². The lowest BCUT2D eigenvalue weighted by Gasteiger charge is -2.17. The minimum absolute atomic E-state index is 0.0636. The fraction of sp³-hybridized carbons (Fsp3) is 0.571. The molecule has 0 spiro atoms. The van der Waals surface area contributed by atoms with Gasteiger partial charge in [0.1, 0.15) is 5.75 Å². The highest BCUT2D eigenvalue weighted by molar-refractivity contribution is 5.48. The molecule has 0 atom stereocenters. The summed E-state index contributed by atoms with van der Waals surface area (Å²) in [5, 5.41) is 10.8. The van der Waals surface area contributed by atoms with Crippen molar-refractivity contribution in [3.8, 4) is 5.75 Å². The molecule has 0 aliphatic rings. The number of benzene rings is 1. The van der Waals surface area contributed by atoms with E-state index in [1.807, 2.05) is 13.8 Å². The molecule has 112 valence electrons. The van der Waals surface area contributed by atoms with Gasteiger partial charge in [-0.2, -0.15) is 0 Å². The fourth-order valence-corrected chi connectivity index (χ4v) is 1.81. The summed E-state index contributed by atoms with van der Waals surface area (Å²) < 4.78 is 16.4. The Bertz CT molecular complexity index is 430. The number of hydrogen-bond acceptors (Lipinski definition) is 5. The Labute approximate surface area is 118 Å². The second-order valence-corrected chi connectivity index (χ2v) is 4.13. The van der Waals surface area contributed by atoms with Gasteiger partial charge in [-0.25, -0.2) is 0 Å². The van der Waals surface area contributed by atoms with Crippen molar-refractivity contribution < 1.29 is 19.1 Å². The summed E-state index contributed by atoms with van der Waals surface area (Å²) in [4.78, 5) is 10.4. The summed E-state index contributed by atoms with van der Waals surface area (Å²) in [7, 11) is 0. The Hall–Kier alpha value is -1.66. The van der Waals surface area contributed by atoms with E-state index in [1.54, 1.807) is 19.1 Å². The average Bonchev–Trinajstić information content (AvgIpc) is 2.41. The van der Waals surface area contributed by atoms with Crippen LogP contribution in [-0.4, -0.2) is 31.0 Å². The van der Waals surface area contributed by atoms with Crippen LogP contribution in [0.5, 0.6) is 5.75 Å². The van der Waals surface area contributed by atoms with Crippen LogP contribution in [-0.2, 0) is 9.47 Å². The predicted molar refractivity (Wildman–Crippen MR) is 75.0 cm³/mol. The quantitative estimate of drug-likeness (QED) is 0.395. The van der Waals surface area contributed by atoms with Gasteiger partial charge in [0.25, 0.3) is 5.69 Å². The minimum Gasteiger partial charge on any atom is -0.493 e. The van der Waals surface area contributed by atoms with Crippen molar-refractivity contribution in [2.45, 2.75) is 33.5 Å². The van der Waals surface area contributed by atoms with Crippen LogP contribution in [0, 0.1) is 17.0 Å². The Kier molecular flexibility index (Phi) is 6.97. The maximum atomic E-state index is 10.8. The summed E-state index contributed by atoms with van der Waals surface area (Å²) in [5.74, 6) is 0.519. The van der Waals surface area contributed by atoms with E-state index in [-0.39, 0.29) is 12.0 Å². The first kappa shape index (κ1) is 16.4. The zero-order chi connectivity index (χ0) is 15.0. The van der Waals surface area contributed by atoms with Crippen LogP contribution in [0.15, 0.2) is 18.2 Å². The first-order valence-electron chi connectivity index (χ1n) is 6.70. The standard InChI is InChI=1S/C14H21NO5/c1-4-18-14(19-5-2)9-10-20-13-8-6-7-12(11(13)3)15(16)17/h6-8,14H,4-5,9-10H2,1-3H3. The molecule has 6 heteroatoms. The topological polar surface area (TPSA) is 70.8 Å². The number of ether oxygens (including phenoxy) is 3. The fourth-order valence-electron chi connectivity index (χ4n) is 1.81. The van der Waals surface area contributed by atoms with Crippen LogP contribution >= 0.6 is 0 Å². The first-order chi connectivity index (χ1) is 9.60. The van der Waals surface area contributed by atoms with E-state index in [2.05, 4.69) is 0 Å². The lowest BCUT2D eigenvalue weighted by molar-refractivity contribution is -0.385. The Balaban J connectivity index is 2.57. The summed E-state index contributed by atoms with van der Waals surface area (Å²) in [6.45, 7) is 7.00. The molecule has 0 heterocycles. The normalized spacial score (nSPS) is 10.8. The molecule has 0 aromatic heterocycles. The molecule has 0 saturated heterocycles. The molecule has 1 rings (SSSR count). The van der Waals surface area contributed by atoms with Crippen LogP contribution in [0.25, 0.3) is 0 Å². The Morgan fingerprint density at radius 3 is 2.45 bits per heavy atom. The maximum Gasteiger partial charge on any atom is 0.276 e. The third-order valence-electron chi connectivity index (χ3n) is 2.77. The van der Waals surface area contributed by atoms with Crippen molar-refractivity contribution in [1.82, 2.24) is 0 Å². The maximum absolute atomic E-state index is 10.8. The smallest absolute Gasteiger partial charge is 0.276 e. The lowest BCUT2D eigenvalue weighted by atomic mass is 10.2. The van der Waals surface area contributed by atoms with Gasteiger partial charge in [0.2, 0.25) is 0 Å². The summed E-state index contributed by atoms with van der Waals surface area (Å²) in [6.07, 6.45) is 0.271. The van der Waals surface area contributed by atoms with Crippen molar-refractivity contribution in [3.63, 3.8) is 0 Å². The first-order valence-corrected chi connectivity index (χ1v) is 6.70.